The van der Waals surface area contributed by atoms with E-state index in [0.717, 1.165) is 6.07 Å². The summed E-state index contributed by atoms with van der Waals surface area (Å²) in [6.45, 7) is -0.331. The number of carbonyl (C=O) groups excluding carboxylic acids is 1. The van der Waals surface area contributed by atoms with E-state index in [0.29, 0.717) is 11.4 Å². The Labute approximate surface area is 120 Å². The van der Waals surface area contributed by atoms with E-state index in [1.54, 1.807) is 30.3 Å². The summed E-state index contributed by atoms with van der Waals surface area (Å²) in [5.74, 6) is -1.08. The first-order valence-electron chi connectivity index (χ1n) is 6.07. The maximum atomic E-state index is 13.3. The van der Waals surface area contributed by atoms with Crippen LogP contribution in [-0.2, 0) is 4.79 Å². The molecule has 21 heavy (non-hydrogen) atoms. The number of nitriles is 1. The van der Waals surface area contributed by atoms with Gasteiger partial charge in [-0.25, -0.2) is 4.39 Å². The predicted molar refractivity (Wildman–Crippen MR) is 76.1 cm³/mol. The number of hydrogen-bond donors (Lipinski definition) is 2. The van der Waals surface area contributed by atoms with Gasteiger partial charge in [0.05, 0.1) is 0 Å². The number of rotatable bonds is 4. The second-order valence-corrected chi connectivity index (χ2v) is 4.18. The number of nitrogens with two attached hydrogens (primary N) is 1. The van der Waals surface area contributed by atoms with E-state index in [-0.39, 0.29) is 17.9 Å². The Morgan fingerprint density at radius 1 is 1.29 bits per heavy atom. The largest absolute Gasteiger partial charge is 0.482 e. The summed E-state index contributed by atoms with van der Waals surface area (Å²) in [4.78, 5) is 11.7. The van der Waals surface area contributed by atoms with Gasteiger partial charge in [0.25, 0.3) is 5.91 Å². The zero-order valence-corrected chi connectivity index (χ0v) is 11.0. The summed E-state index contributed by atoms with van der Waals surface area (Å²) >= 11 is 0. The van der Waals surface area contributed by atoms with Crippen molar-refractivity contribution in [3.63, 3.8) is 0 Å². The van der Waals surface area contributed by atoms with Gasteiger partial charge >= 0.3 is 0 Å². The highest BCUT2D eigenvalue weighted by Gasteiger charge is 2.10. The topological polar surface area (TPSA) is 88.1 Å². The maximum absolute atomic E-state index is 13.3. The molecule has 0 saturated carbocycles. The van der Waals surface area contributed by atoms with Gasteiger partial charge in [-0.15, -0.1) is 0 Å². The molecule has 106 valence electrons. The molecule has 0 bridgehead atoms. The summed E-state index contributed by atoms with van der Waals surface area (Å²) in [7, 11) is 0. The lowest BCUT2D eigenvalue weighted by molar-refractivity contribution is -0.118. The fourth-order valence-corrected chi connectivity index (χ4v) is 1.64. The fraction of sp³-hybridized carbons (Fsp3) is 0.0667. The van der Waals surface area contributed by atoms with Crippen LogP contribution in [0.1, 0.15) is 5.56 Å². The van der Waals surface area contributed by atoms with Crippen LogP contribution in [0.5, 0.6) is 5.75 Å². The second-order valence-electron chi connectivity index (χ2n) is 4.18. The van der Waals surface area contributed by atoms with Crippen molar-refractivity contribution in [2.75, 3.05) is 17.7 Å². The molecule has 6 heteroatoms. The first-order valence-corrected chi connectivity index (χ1v) is 6.07. The number of nitrogens with one attached hydrogen (secondary N) is 1. The average Bonchev–Trinajstić information content (AvgIpc) is 2.47. The Morgan fingerprint density at radius 2 is 2.00 bits per heavy atom. The standard InChI is InChI=1S/C15H12FN3O2/c16-13-2-1-3-14(12(13)8-17)21-9-15(20)19-11-6-4-10(18)5-7-11/h1-7H,9,18H2,(H,19,20). The smallest absolute Gasteiger partial charge is 0.262 e. The van der Waals surface area contributed by atoms with Crippen molar-refractivity contribution in [3.8, 4) is 11.8 Å². The molecular weight excluding hydrogens is 273 g/mol. The molecule has 5 nitrogen and oxygen atoms in total. The Bertz CT molecular complexity index is 693. The molecule has 0 aliphatic rings. The zero-order valence-electron chi connectivity index (χ0n) is 11.0. The highest BCUT2D eigenvalue weighted by molar-refractivity contribution is 5.92. The van der Waals surface area contributed by atoms with Gasteiger partial charge in [0.15, 0.2) is 6.61 Å². The minimum Gasteiger partial charge on any atom is -0.482 e. The molecule has 0 spiro atoms. The first kappa shape index (κ1) is 14.3. The Kier molecular flexibility index (Phi) is 4.36. The molecule has 0 aromatic heterocycles. The van der Waals surface area contributed by atoms with Gasteiger partial charge in [0.2, 0.25) is 0 Å². The van der Waals surface area contributed by atoms with Gasteiger partial charge in [-0.2, -0.15) is 5.26 Å². The number of anilines is 2. The number of halogens is 1. The number of carbonyl (C=O) groups is 1. The lowest BCUT2D eigenvalue weighted by Crippen LogP contribution is -2.20. The fourth-order valence-electron chi connectivity index (χ4n) is 1.64. The summed E-state index contributed by atoms with van der Waals surface area (Å²) in [6.07, 6.45) is 0. The summed E-state index contributed by atoms with van der Waals surface area (Å²) in [5, 5.41) is 11.4. The molecular formula is C15H12FN3O2. The number of nitrogens with zero attached hydrogens (tertiary/aromatic N) is 1. The van der Waals surface area contributed by atoms with Crippen molar-refractivity contribution in [1.29, 1.82) is 5.26 Å². The Morgan fingerprint density at radius 3 is 2.67 bits per heavy atom. The molecule has 0 aliphatic carbocycles. The van der Waals surface area contributed by atoms with Gasteiger partial charge in [-0.1, -0.05) is 6.07 Å². The van der Waals surface area contributed by atoms with Gasteiger partial charge < -0.3 is 15.8 Å². The van der Waals surface area contributed by atoms with Crippen LogP contribution in [0.2, 0.25) is 0 Å². The van der Waals surface area contributed by atoms with Crippen LogP contribution in [-0.4, -0.2) is 12.5 Å². The molecule has 2 aromatic rings. The third-order valence-electron chi connectivity index (χ3n) is 2.64. The van der Waals surface area contributed by atoms with Crippen LogP contribution in [0.4, 0.5) is 15.8 Å². The molecule has 1 amide bonds. The molecule has 2 aromatic carbocycles. The van der Waals surface area contributed by atoms with Crippen LogP contribution in [0.25, 0.3) is 0 Å². The van der Waals surface area contributed by atoms with E-state index in [1.807, 2.05) is 0 Å². The van der Waals surface area contributed by atoms with Crippen molar-refractivity contribution < 1.29 is 13.9 Å². The third kappa shape index (κ3) is 3.70. The average molecular weight is 285 g/mol. The van der Waals surface area contributed by atoms with E-state index in [1.165, 1.54) is 12.1 Å². The Balaban J connectivity index is 1.97. The molecule has 0 atom stereocenters. The summed E-state index contributed by atoms with van der Waals surface area (Å²) in [5.41, 5.74) is 6.46. The summed E-state index contributed by atoms with van der Waals surface area (Å²) in [6, 6.07) is 12.3. The number of ether oxygens (including phenoxy) is 1. The van der Waals surface area contributed by atoms with Gasteiger partial charge in [0.1, 0.15) is 23.2 Å². The van der Waals surface area contributed by atoms with Crippen molar-refractivity contribution in [2.24, 2.45) is 0 Å². The van der Waals surface area contributed by atoms with E-state index in [4.69, 9.17) is 15.7 Å². The zero-order chi connectivity index (χ0) is 15.2. The van der Waals surface area contributed by atoms with Gasteiger partial charge in [-0.05, 0) is 36.4 Å². The minimum atomic E-state index is -0.686. The number of hydrogen-bond acceptors (Lipinski definition) is 4. The van der Waals surface area contributed by atoms with Crippen LogP contribution in [0, 0.1) is 17.1 Å². The molecule has 0 fully saturated rings. The van der Waals surface area contributed by atoms with Crippen molar-refractivity contribution in [1.82, 2.24) is 0 Å². The third-order valence-corrected chi connectivity index (χ3v) is 2.64. The number of amides is 1. The van der Waals surface area contributed by atoms with E-state index in [2.05, 4.69) is 5.32 Å². The molecule has 2 rings (SSSR count). The van der Waals surface area contributed by atoms with Crippen molar-refractivity contribution in [2.45, 2.75) is 0 Å². The van der Waals surface area contributed by atoms with Crippen LogP contribution < -0.4 is 15.8 Å². The predicted octanol–water partition coefficient (Wildman–Crippen LogP) is 2.30. The molecule has 0 saturated heterocycles. The summed E-state index contributed by atoms with van der Waals surface area (Å²) < 4.78 is 18.5. The molecule has 0 radical (unpaired) electrons. The number of benzene rings is 2. The Hall–Kier alpha value is -3.07. The van der Waals surface area contributed by atoms with Crippen LogP contribution >= 0.6 is 0 Å². The van der Waals surface area contributed by atoms with Crippen LogP contribution in [0.3, 0.4) is 0 Å². The molecule has 0 aliphatic heterocycles. The minimum absolute atomic E-state index is 0.0324. The molecule has 0 unspecified atom stereocenters. The van der Waals surface area contributed by atoms with Gasteiger partial charge in [-0.3, -0.25) is 4.79 Å². The monoisotopic (exact) mass is 285 g/mol. The highest BCUT2D eigenvalue weighted by atomic mass is 19.1. The van der Waals surface area contributed by atoms with Gasteiger partial charge in [0, 0.05) is 11.4 Å². The lowest BCUT2D eigenvalue weighted by atomic mass is 10.2. The molecule has 3 N–H and O–H groups in total. The molecule has 0 heterocycles. The highest BCUT2D eigenvalue weighted by Crippen LogP contribution is 2.20. The van der Waals surface area contributed by atoms with E-state index >= 15 is 0 Å². The maximum Gasteiger partial charge on any atom is 0.262 e. The van der Waals surface area contributed by atoms with Crippen LogP contribution in [0.15, 0.2) is 42.5 Å². The number of nitrogen functional groups attached to an aromatic ring is 1. The normalized spacial score (nSPS) is 9.71. The quantitative estimate of drug-likeness (QED) is 0.844. The second kappa shape index (κ2) is 6.39. The first-order chi connectivity index (χ1) is 10.1. The lowest BCUT2D eigenvalue weighted by Gasteiger charge is -2.09. The SMILES string of the molecule is N#Cc1c(F)cccc1OCC(=O)Nc1ccc(N)cc1. The van der Waals surface area contributed by atoms with E-state index in [9.17, 15) is 9.18 Å². The van der Waals surface area contributed by atoms with Crippen molar-refractivity contribution in [3.05, 3.63) is 53.8 Å². The van der Waals surface area contributed by atoms with Crippen molar-refractivity contribution >= 4 is 17.3 Å². The van der Waals surface area contributed by atoms with E-state index < -0.39 is 11.7 Å².